The molecule has 0 aliphatic carbocycles. The molecular weight excluding hydrogens is 278 g/mol. The lowest BCUT2D eigenvalue weighted by Crippen LogP contribution is -2.48. The molecule has 0 aromatic carbocycles. The van der Waals surface area contributed by atoms with Crippen molar-refractivity contribution in [3.63, 3.8) is 0 Å². The van der Waals surface area contributed by atoms with E-state index in [1.807, 2.05) is 12.1 Å². The van der Waals surface area contributed by atoms with Crippen LogP contribution in [0.25, 0.3) is 0 Å². The predicted octanol–water partition coefficient (Wildman–Crippen LogP) is 1.20. The van der Waals surface area contributed by atoms with Gasteiger partial charge >= 0.3 is 0 Å². The summed E-state index contributed by atoms with van der Waals surface area (Å²) in [6.07, 6.45) is 9.31. The summed E-state index contributed by atoms with van der Waals surface area (Å²) in [6.45, 7) is 1.69. The molecule has 0 bridgehead atoms. The summed E-state index contributed by atoms with van der Waals surface area (Å²) < 4.78 is 0. The smallest absolute Gasteiger partial charge is 0.225 e. The van der Waals surface area contributed by atoms with Gasteiger partial charge in [0.25, 0.3) is 0 Å². The zero-order chi connectivity index (χ0) is 15.2. The summed E-state index contributed by atoms with van der Waals surface area (Å²) in [5.74, 6) is 0.780. The molecule has 3 heterocycles. The average molecular weight is 297 g/mol. The minimum absolute atomic E-state index is 0.0482. The van der Waals surface area contributed by atoms with E-state index in [1.54, 1.807) is 30.9 Å². The molecule has 0 unspecified atom stereocenters. The molecule has 0 radical (unpaired) electrons. The second-order valence-corrected chi connectivity index (χ2v) is 5.43. The number of nitrogens with one attached hydrogen (secondary N) is 1. The van der Waals surface area contributed by atoms with E-state index in [9.17, 15) is 4.79 Å². The van der Waals surface area contributed by atoms with Crippen LogP contribution in [0.4, 0.5) is 5.95 Å². The number of rotatable bonds is 4. The molecule has 3 rings (SSSR count). The predicted molar refractivity (Wildman–Crippen MR) is 83.4 cm³/mol. The average Bonchev–Trinajstić information content (AvgIpc) is 2.57. The van der Waals surface area contributed by atoms with Crippen molar-refractivity contribution in [1.82, 2.24) is 20.3 Å². The minimum Gasteiger partial charge on any atom is -0.351 e. The van der Waals surface area contributed by atoms with E-state index >= 15 is 0 Å². The number of pyridine rings is 1. The molecule has 1 amide bonds. The van der Waals surface area contributed by atoms with Crippen LogP contribution in [-0.2, 0) is 11.2 Å². The lowest BCUT2D eigenvalue weighted by molar-refractivity contribution is -0.121. The molecule has 0 saturated carbocycles. The highest BCUT2D eigenvalue weighted by atomic mass is 16.1. The number of hydrogen-bond donors (Lipinski definition) is 1. The third-order valence-corrected chi connectivity index (χ3v) is 3.74. The van der Waals surface area contributed by atoms with Gasteiger partial charge in [0.1, 0.15) is 0 Å². The number of carbonyl (C=O) groups is 1. The first-order valence-electron chi connectivity index (χ1n) is 7.51. The van der Waals surface area contributed by atoms with E-state index in [2.05, 4.69) is 25.2 Å². The zero-order valence-electron chi connectivity index (χ0n) is 12.4. The summed E-state index contributed by atoms with van der Waals surface area (Å²) in [5, 5.41) is 3.11. The highest BCUT2D eigenvalue weighted by Crippen LogP contribution is 2.15. The first-order chi connectivity index (χ1) is 10.8. The molecule has 2 aromatic rings. The van der Waals surface area contributed by atoms with Crippen LogP contribution in [0.1, 0.15) is 18.4 Å². The van der Waals surface area contributed by atoms with Gasteiger partial charge in [-0.1, -0.05) is 0 Å². The number of carbonyl (C=O) groups excluding carboxylic acids is 1. The molecule has 6 heteroatoms. The number of piperidine rings is 1. The maximum absolute atomic E-state index is 12.1. The molecule has 2 aromatic heterocycles. The molecule has 1 fully saturated rings. The Balaban J connectivity index is 1.55. The van der Waals surface area contributed by atoms with Gasteiger partial charge in [0, 0.05) is 43.9 Å². The topological polar surface area (TPSA) is 71.0 Å². The van der Waals surface area contributed by atoms with Gasteiger partial charge in [-0.2, -0.15) is 0 Å². The minimum atomic E-state index is 0.0482. The Hall–Kier alpha value is -2.50. The van der Waals surface area contributed by atoms with Gasteiger partial charge in [0.05, 0.1) is 6.42 Å². The summed E-state index contributed by atoms with van der Waals surface area (Å²) in [4.78, 5) is 26.8. The van der Waals surface area contributed by atoms with Crippen LogP contribution < -0.4 is 10.2 Å². The zero-order valence-corrected chi connectivity index (χ0v) is 12.4. The molecule has 22 heavy (non-hydrogen) atoms. The molecule has 1 saturated heterocycles. The fraction of sp³-hybridized carbons (Fsp3) is 0.375. The summed E-state index contributed by atoms with van der Waals surface area (Å²) in [5.41, 5.74) is 0.978. The van der Waals surface area contributed by atoms with Gasteiger partial charge < -0.3 is 10.2 Å². The maximum atomic E-state index is 12.1. The van der Waals surface area contributed by atoms with Crippen molar-refractivity contribution < 1.29 is 4.79 Å². The third kappa shape index (κ3) is 3.78. The number of aromatic nitrogens is 3. The van der Waals surface area contributed by atoms with Crippen LogP contribution in [0.15, 0.2) is 43.0 Å². The van der Waals surface area contributed by atoms with Crippen molar-refractivity contribution in [3.8, 4) is 0 Å². The molecule has 1 aliphatic rings. The van der Waals surface area contributed by atoms with Gasteiger partial charge in [-0.15, -0.1) is 0 Å². The first-order valence-corrected chi connectivity index (χ1v) is 7.51. The quantitative estimate of drug-likeness (QED) is 0.918. The Morgan fingerprint density at radius 3 is 2.77 bits per heavy atom. The van der Waals surface area contributed by atoms with Crippen LogP contribution in [-0.4, -0.2) is 40.0 Å². The van der Waals surface area contributed by atoms with Crippen LogP contribution in [0, 0.1) is 0 Å². The summed E-state index contributed by atoms with van der Waals surface area (Å²) in [6, 6.07) is 5.68. The first kappa shape index (κ1) is 14.4. The van der Waals surface area contributed by atoms with Crippen molar-refractivity contribution in [2.75, 3.05) is 18.0 Å². The van der Waals surface area contributed by atoms with Gasteiger partial charge in [0.15, 0.2) is 0 Å². The second kappa shape index (κ2) is 6.98. The van der Waals surface area contributed by atoms with E-state index in [-0.39, 0.29) is 11.9 Å². The number of anilines is 1. The lowest BCUT2D eigenvalue weighted by atomic mass is 10.1. The van der Waals surface area contributed by atoms with Crippen molar-refractivity contribution >= 4 is 11.9 Å². The van der Waals surface area contributed by atoms with Gasteiger partial charge in [-0.3, -0.25) is 9.78 Å². The van der Waals surface area contributed by atoms with Crippen LogP contribution >= 0.6 is 0 Å². The lowest BCUT2D eigenvalue weighted by Gasteiger charge is -2.33. The normalized spacial score (nSPS) is 18.0. The van der Waals surface area contributed by atoms with Crippen molar-refractivity contribution in [1.29, 1.82) is 0 Å². The number of nitrogens with zero attached hydrogens (tertiary/aromatic N) is 4. The van der Waals surface area contributed by atoms with Crippen LogP contribution in [0.2, 0.25) is 0 Å². The highest BCUT2D eigenvalue weighted by molar-refractivity contribution is 5.78. The second-order valence-electron chi connectivity index (χ2n) is 5.43. The van der Waals surface area contributed by atoms with Crippen molar-refractivity contribution in [3.05, 3.63) is 48.5 Å². The Morgan fingerprint density at radius 2 is 2.00 bits per heavy atom. The maximum Gasteiger partial charge on any atom is 0.225 e. The van der Waals surface area contributed by atoms with E-state index in [1.165, 1.54) is 0 Å². The van der Waals surface area contributed by atoms with Gasteiger partial charge in [0.2, 0.25) is 11.9 Å². The van der Waals surface area contributed by atoms with E-state index in [0.717, 1.165) is 37.4 Å². The van der Waals surface area contributed by atoms with Crippen molar-refractivity contribution in [2.24, 2.45) is 0 Å². The van der Waals surface area contributed by atoms with E-state index in [4.69, 9.17) is 0 Å². The summed E-state index contributed by atoms with van der Waals surface area (Å²) >= 11 is 0. The molecular formula is C16H19N5O. The Morgan fingerprint density at radius 1 is 1.23 bits per heavy atom. The molecule has 0 spiro atoms. The van der Waals surface area contributed by atoms with Crippen LogP contribution in [0.5, 0.6) is 0 Å². The Bertz CT molecular complexity index is 604. The molecule has 114 valence electrons. The molecule has 1 atom stereocenters. The monoisotopic (exact) mass is 297 g/mol. The van der Waals surface area contributed by atoms with E-state index < -0.39 is 0 Å². The highest BCUT2D eigenvalue weighted by Gasteiger charge is 2.22. The largest absolute Gasteiger partial charge is 0.351 e. The fourth-order valence-electron chi connectivity index (χ4n) is 2.70. The Kier molecular flexibility index (Phi) is 4.58. The van der Waals surface area contributed by atoms with Gasteiger partial charge in [-0.25, -0.2) is 9.97 Å². The standard InChI is InChI=1S/C16H19N5O/c22-15(11-13-4-8-17-9-5-13)20-14-3-1-10-21(12-14)16-18-6-2-7-19-16/h2,4-9,14H,1,3,10-12H2,(H,20,22)/t14-/m0/s1. The van der Waals surface area contributed by atoms with Gasteiger partial charge in [-0.05, 0) is 36.6 Å². The third-order valence-electron chi connectivity index (χ3n) is 3.74. The van der Waals surface area contributed by atoms with Crippen molar-refractivity contribution in [2.45, 2.75) is 25.3 Å². The number of hydrogen-bond acceptors (Lipinski definition) is 5. The fourth-order valence-corrected chi connectivity index (χ4v) is 2.70. The SMILES string of the molecule is O=C(Cc1ccncc1)N[C@H]1CCCN(c2ncccn2)C1. The van der Waals surface area contributed by atoms with Crippen LogP contribution in [0.3, 0.4) is 0 Å². The number of amides is 1. The molecule has 6 nitrogen and oxygen atoms in total. The molecule has 1 aliphatic heterocycles. The summed E-state index contributed by atoms with van der Waals surface area (Å²) in [7, 11) is 0. The Labute approximate surface area is 129 Å². The molecule has 1 N–H and O–H groups in total. The van der Waals surface area contributed by atoms with E-state index in [0.29, 0.717) is 6.42 Å².